The topological polar surface area (TPSA) is 50.3 Å². The smallest absolute Gasteiger partial charge is 0.282 e. The van der Waals surface area contributed by atoms with Crippen molar-refractivity contribution in [2.24, 2.45) is 0 Å². The fraction of sp³-hybridized carbons (Fsp3) is 0.375. The van der Waals surface area contributed by atoms with Crippen molar-refractivity contribution >= 4 is 23.0 Å². The third-order valence-electron chi connectivity index (χ3n) is 1.45. The summed E-state index contributed by atoms with van der Waals surface area (Å²) in [4.78, 5) is 27.6. The average Bonchev–Trinajstić information content (AvgIpc) is 2.50. The Balaban J connectivity index is 2.92. The highest BCUT2D eigenvalue weighted by Crippen LogP contribution is 2.11. The maximum Gasteiger partial charge on any atom is 0.282 e. The minimum Gasteiger partial charge on any atom is -0.343 e. The lowest BCUT2D eigenvalue weighted by Gasteiger charge is -2.05. The Morgan fingerprint density at radius 3 is 2.46 bits per heavy atom. The number of carbonyl (C=O) groups is 2. The SMILES string of the molecule is CC(=O)c1csc(C(=O)N(C)C)n1. The van der Waals surface area contributed by atoms with E-state index in [1.165, 1.54) is 23.2 Å². The first-order valence-electron chi connectivity index (χ1n) is 3.70. The van der Waals surface area contributed by atoms with Gasteiger partial charge in [-0.15, -0.1) is 11.3 Å². The summed E-state index contributed by atoms with van der Waals surface area (Å²) in [6.45, 7) is 1.43. The Labute approximate surface area is 80.2 Å². The number of hydrogen-bond acceptors (Lipinski definition) is 4. The van der Waals surface area contributed by atoms with Crippen LogP contribution >= 0.6 is 11.3 Å². The van der Waals surface area contributed by atoms with Crippen molar-refractivity contribution in [3.8, 4) is 0 Å². The van der Waals surface area contributed by atoms with Crippen molar-refractivity contribution in [2.45, 2.75) is 6.92 Å². The molecule has 0 aliphatic heterocycles. The molecular formula is C8H10N2O2S. The van der Waals surface area contributed by atoms with Crippen LogP contribution in [0.15, 0.2) is 5.38 Å². The molecule has 4 nitrogen and oxygen atoms in total. The van der Waals surface area contributed by atoms with Crippen LogP contribution in [0.2, 0.25) is 0 Å². The van der Waals surface area contributed by atoms with Crippen LogP contribution in [-0.2, 0) is 0 Å². The molecule has 5 heteroatoms. The molecule has 0 saturated heterocycles. The van der Waals surface area contributed by atoms with Crippen molar-refractivity contribution in [2.75, 3.05) is 14.1 Å². The van der Waals surface area contributed by atoms with Gasteiger partial charge in [0.25, 0.3) is 5.91 Å². The molecule has 0 spiro atoms. The van der Waals surface area contributed by atoms with Gasteiger partial charge in [-0.2, -0.15) is 0 Å². The number of amides is 1. The lowest BCUT2D eigenvalue weighted by molar-refractivity contribution is 0.0827. The maximum absolute atomic E-state index is 11.3. The average molecular weight is 198 g/mol. The third kappa shape index (κ3) is 2.12. The predicted molar refractivity (Wildman–Crippen MR) is 50.1 cm³/mol. The van der Waals surface area contributed by atoms with Gasteiger partial charge in [0.1, 0.15) is 5.69 Å². The maximum atomic E-state index is 11.3. The van der Waals surface area contributed by atoms with E-state index in [2.05, 4.69) is 4.98 Å². The summed E-state index contributed by atoms with van der Waals surface area (Å²) in [5.41, 5.74) is 0.357. The molecule has 0 fully saturated rings. The van der Waals surface area contributed by atoms with Crippen LogP contribution < -0.4 is 0 Å². The van der Waals surface area contributed by atoms with E-state index in [1.807, 2.05) is 0 Å². The molecule has 0 aliphatic rings. The number of carbonyl (C=O) groups excluding carboxylic acids is 2. The summed E-state index contributed by atoms with van der Waals surface area (Å²) in [7, 11) is 3.30. The molecule has 0 bridgehead atoms. The van der Waals surface area contributed by atoms with E-state index >= 15 is 0 Å². The number of hydrogen-bond donors (Lipinski definition) is 0. The number of thiazole rings is 1. The van der Waals surface area contributed by atoms with Crippen molar-refractivity contribution in [3.05, 3.63) is 16.1 Å². The molecule has 0 atom stereocenters. The highest BCUT2D eigenvalue weighted by molar-refractivity contribution is 7.11. The molecule has 1 aromatic rings. The first-order chi connectivity index (χ1) is 6.02. The minimum absolute atomic E-state index is 0.117. The van der Waals surface area contributed by atoms with Crippen LogP contribution in [0.4, 0.5) is 0 Å². The second-order valence-corrected chi connectivity index (χ2v) is 3.65. The van der Waals surface area contributed by atoms with Crippen molar-refractivity contribution in [3.63, 3.8) is 0 Å². The summed E-state index contributed by atoms with van der Waals surface area (Å²) in [5, 5.41) is 1.95. The molecular weight excluding hydrogens is 188 g/mol. The summed E-state index contributed by atoms with van der Waals surface area (Å²) in [5.74, 6) is -0.286. The monoisotopic (exact) mass is 198 g/mol. The number of Topliss-reactive ketones (excluding diaryl/α,β-unsaturated/α-hetero) is 1. The van der Waals surface area contributed by atoms with Crippen molar-refractivity contribution in [1.82, 2.24) is 9.88 Å². The molecule has 0 N–H and O–H groups in total. The zero-order valence-corrected chi connectivity index (χ0v) is 8.51. The number of aromatic nitrogens is 1. The van der Waals surface area contributed by atoms with Gasteiger partial charge in [0.15, 0.2) is 10.8 Å². The zero-order valence-electron chi connectivity index (χ0n) is 7.70. The molecule has 0 unspecified atom stereocenters. The molecule has 0 aliphatic carbocycles. The van der Waals surface area contributed by atoms with Crippen LogP contribution in [0, 0.1) is 0 Å². The van der Waals surface area contributed by atoms with Crippen molar-refractivity contribution < 1.29 is 9.59 Å². The quantitative estimate of drug-likeness (QED) is 0.667. The van der Waals surface area contributed by atoms with Gasteiger partial charge in [0.05, 0.1) is 0 Å². The fourth-order valence-electron chi connectivity index (χ4n) is 0.725. The van der Waals surface area contributed by atoms with Crippen LogP contribution in [0.5, 0.6) is 0 Å². The van der Waals surface area contributed by atoms with E-state index in [0.717, 1.165) is 0 Å². The molecule has 13 heavy (non-hydrogen) atoms. The highest BCUT2D eigenvalue weighted by Gasteiger charge is 2.14. The Morgan fingerprint density at radius 2 is 2.08 bits per heavy atom. The summed E-state index contributed by atoms with van der Waals surface area (Å²) >= 11 is 1.19. The molecule has 0 radical (unpaired) electrons. The molecule has 1 aromatic heterocycles. The van der Waals surface area contributed by atoms with Crippen LogP contribution in [-0.4, -0.2) is 35.7 Å². The van der Waals surface area contributed by atoms with E-state index < -0.39 is 0 Å². The lowest BCUT2D eigenvalue weighted by Crippen LogP contribution is -2.21. The first-order valence-corrected chi connectivity index (χ1v) is 4.58. The summed E-state index contributed by atoms with van der Waals surface area (Å²) in [6, 6.07) is 0. The van der Waals surface area contributed by atoms with Gasteiger partial charge in [-0.3, -0.25) is 9.59 Å². The normalized spacial score (nSPS) is 9.77. The molecule has 1 heterocycles. The van der Waals surface area contributed by atoms with Gasteiger partial charge >= 0.3 is 0 Å². The van der Waals surface area contributed by atoms with Crippen LogP contribution in [0.3, 0.4) is 0 Å². The zero-order chi connectivity index (χ0) is 10.0. The molecule has 0 aromatic carbocycles. The van der Waals surface area contributed by atoms with Crippen LogP contribution in [0.1, 0.15) is 27.2 Å². The first kappa shape index (κ1) is 9.85. The van der Waals surface area contributed by atoms with Gasteiger partial charge in [-0.1, -0.05) is 0 Å². The summed E-state index contributed by atoms with van der Waals surface area (Å²) in [6.07, 6.45) is 0. The van der Waals surface area contributed by atoms with Crippen LogP contribution in [0.25, 0.3) is 0 Å². The minimum atomic E-state index is -0.169. The molecule has 70 valence electrons. The Hall–Kier alpha value is -1.23. The number of ketones is 1. The second-order valence-electron chi connectivity index (χ2n) is 2.79. The molecule has 1 rings (SSSR count). The van der Waals surface area contributed by atoms with E-state index in [-0.39, 0.29) is 11.7 Å². The second kappa shape index (κ2) is 3.66. The fourth-order valence-corrected chi connectivity index (χ4v) is 1.60. The Bertz CT molecular complexity index is 344. The van der Waals surface area contributed by atoms with Crippen molar-refractivity contribution in [1.29, 1.82) is 0 Å². The van der Waals surface area contributed by atoms with E-state index in [1.54, 1.807) is 19.5 Å². The van der Waals surface area contributed by atoms with E-state index in [9.17, 15) is 9.59 Å². The Morgan fingerprint density at radius 1 is 1.46 bits per heavy atom. The van der Waals surface area contributed by atoms with Gasteiger partial charge in [-0.05, 0) is 0 Å². The van der Waals surface area contributed by atoms with E-state index in [0.29, 0.717) is 10.7 Å². The van der Waals surface area contributed by atoms with Gasteiger partial charge in [0, 0.05) is 26.4 Å². The molecule has 0 saturated carbocycles. The third-order valence-corrected chi connectivity index (χ3v) is 2.28. The lowest BCUT2D eigenvalue weighted by atomic mass is 10.3. The van der Waals surface area contributed by atoms with Gasteiger partial charge < -0.3 is 4.90 Å². The van der Waals surface area contributed by atoms with Gasteiger partial charge in [-0.25, -0.2) is 4.98 Å². The highest BCUT2D eigenvalue weighted by atomic mass is 32.1. The number of rotatable bonds is 2. The summed E-state index contributed by atoms with van der Waals surface area (Å²) < 4.78 is 0. The van der Waals surface area contributed by atoms with Gasteiger partial charge in [0.2, 0.25) is 0 Å². The predicted octanol–water partition coefficient (Wildman–Crippen LogP) is 1.05. The number of nitrogens with zero attached hydrogens (tertiary/aromatic N) is 2. The Kier molecular flexibility index (Phi) is 2.77. The van der Waals surface area contributed by atoms with E-state index in [4.69, 9.17) is 0 Å². The molecule has 1 amide bonds. The largest absolute Gasteiger partial charge is 0.343 e. The standard InChI is InChI=1S/C8H10N2O2S/c1-5(11)6-4-13-7(9-6)8(12)10(2)3/h4H,1-3H3.